The molecule has 0 spiro atoms. The maximum atomic E-state index is 11.2. The van der Waals surface area contributed by atoms with Crippen LogP contribution in [0.1, 0.15) is 5.56 Å². The summed E-state index contributed by atoms with van der Waals surface area (Å²) in [7, 11) is -3.62. The number of nitrogens with zero attached hydrogens (tertiary/aromatic N) is 1. The van der Waals surface area contributed by atoms with Crippen LogP contribution in [0.4, 0.5) is 4.39 Å². The Balaban J connectivity index is 0. The quantitative estimate of drug-likeness (QED) is 0.583. The summed E-state index contributed by atoms with van der Waals surface area (Å²) in [6.45, 7) is 4.48. The maximum Gasteiger partial charge on any atom is 1.00 e. The van der Waals surface area contributed by atoms with Crippen LogP contribution in [0.2, 0.25) is 0 Å². The first-order chi connectivity index (χ1) is 8.20. The van der Waals surface area contributed by atoms with Gasteiger partial charge in [-0.1, -0.05) is 24.3 Å². The van der Waals surface area contributed by atoms with Gasteiger partial charge in [-0.05, 0) is 19.1 Å². The molecule has 9 heteroatoms. The van der Waals surface area contributed by atoms with Gasteiger partial charge in [0, 0.05) is 4.90 Å². The van der Waals surface area contributed by atoms with Crippen molar-refractivity contribution in [2.45, 2.75) is 11.8 Å². The van der Waals surface area contributed by atoms with Gasteiger partial charge in [-0.3, -0.25) is 16.6 Å². The van der Waals surface area contributed by atoms with Gasteiger partial charge in [0.25, 0.3) is 5.91 Å². The number of aryl methyl sites for hydroxylation is 1. The summed E-state index contributed by atoms with van der Waals surface area (Å²) < 4.78 is 35.9. The predicted molar refractivity (Wildman–Crippen MR) is 67.0 cm³/mol. The van der Waals surface area contributed by atoms with Crippen LogP contribution < -0.4 is 35.3 Å². The smallest absolute Gasteiger partial charge is 0.458 e. The van der Waals surface area contributed by atoms with Crippen LogP contribution in [0.3, 0.4) is 0 Å². The third-order valence-electron chi connectivity index (χ3n) is 1.68. The van der Waals surface area contributed by atoms with Crippen LogP contribution in [0, 0.1) is 6.92 Å². The molecule has 0 aliphatic rings. The molecule has 19 heavy (non-hydrogen) atoms. The van der Waals surface area contributed by atoms with Crippen molar-refractivity contribution in [3.05, 3.63) is 46.5 Å². The number of primary amides is 1. The second-order valence-corrected chi connectivity index (χ2v) is 5.10. The van der Waals surface area contributed by atoms with E-state index in [4.69, 9.17) is 11.8 Å². The zero-order valence-electron chi connectivity index (χ0n) is 10.4. The van der Waals surface area contributed by atoms with Gasteiger partial charge >= 0.3 is 29.6 Å². The standard InChI is InChI=1S/C7H7ClNO2S.C3H4FNO.Na/c1-6-2-4-7(5-3-6)12(10,11)9-8;1-2(4)3(5)6;/h2-5H,1H3;1H2,(H2,5,6);/q-1;;+1. The molecular weight excluding hydrogens is 306 g/mol. The monoisotopic (exact) mass is 316 g/mol. The molecule has 5 nitrogen and oxygen atoms in total. The summed E-state index contributed by atoms with van der Waals surface area (Å²) in [5.41, 5.74) is 5.31. The van der Waals surface area contributed by atoms with Crippen molar-refractivity contribution < 1.29 is 47.2 Å². The van der Waals surface area contributed by atoms with Crippen LogP contribution in [0.25, 0.3) is 4.24 Å². The minimum atomic E-state index is -3.62. The van der Waals surface area contributed by atoms with E-state index >= 15 is 0 Å². The summed E-state index contributed by atoms with van der Waals surface area (Å²) in [6.07, 6.45) is 0. The number of carbonyl (C=O) groups is 1. The first-order valence-electron chi connectivity index (χ1n) is 4.50. The van der Waals surface area contributed by atoms with Gasteiger partial charge in [0.15, 0.2) is 5.83 Å². The van der Waals surface area contributed by atoms with Gasteiger partial charge in [0.05, 0.1) is 0 Å². The Morgan fingerprint density at radius 2 is 1.74 bits per heavy atom. The van der Waals surface area contributed by atoms with Crippen LogP contribution >= 0.6 is 11.8 Å². The van der Waals surface area contributed by atoms with E-state index in [1.54, 1.807) is 12.1 Å². The van der Waals surface area contributed by atoms with E-state index in [0.29, 0.717) is 0 Å². The van der Waals surface area contributed by atoms with Crippen LogP contribution in [-0.2, 0) is 14.8 Å². The Bertz CT molecular complexity index is 522. The molecule has 0 atom stereocenters. The van der Waals surface area contributed by atoms with Gasteiger partial charge in [0.1, 0.15) is 10.0 Å². The molecule has 0 saturated carbocycles. The third-order valence-corrected chi connectivity index (χ3v) is 3.27. The van der Waals surface area contributed by atoms with E-state index in [1.807, 2.05) is 6.92 Å². The molecule has 0 unspecified atom stereocenters. The Morgan fingerprint density at radius 1 is 1.37 bits per heavy atom. The fraction of sp³-hybridized carbons (Fsp3) is 0.100. The number of sulfonamides is 1. The van der Waals surface area contributed by atoms with Gasteiger partial charge < -0.3 is 9.97 Å². The molecule has 100 valence electrons. The number of hydrogen-bond donors (Lipinski definition) is 1. The van der Waals surface area contributed by atoms with Gasteiger partial charge in [-0.2, -0.15) is 0 Å². The van der Waals surface area contributed by atoms with Crippen molar-refractivity contribution in [1.82, 2.24) is 0 Å². The van der Waals surface area contributed by atoms with E-state index in [9.17, 15) is 17.6 Å². The largest absolute Gasteiger partial charge is 1.00 e. The molecule has 0 aromatic heterocycles. The average Bonchev–Trinajstić information content (AvgIpc) is 2.30. The van der Waals surface area contributed by atoms with Crippen LogP contribution in [0.5, 0.6) is 0 Å². The Labute approximate surface area is 138 Å². The van der Waals surface area contributed by atoms with Crippen molar-refractivity contribution in [1.29, 1.82) is 0 Å². The molecule has 0 saturated heterocycles. The topological polar surface area (TPSA) is 91.3 Å². The Kier molecular flexibility index (Phi) is 10.4. The van der Waals surface area contributed by atoms with E-state index in [-0.39, 0.29) is 34.5 Å². The number of nitrogens with two attached hydrogens (primary N) is 1. The number of hydrogen-bond acceptors (Lipinski definition) is 3. The first kappa shape index (κ1) is 20.9. The Hall–Kier alpha value is -0.440. The molecule has 0 radical (unpaired) electrons. The summed E-state index contributed by atoms with van der Waals surface area (Å²) in [5, 5.41) is 0. The number of halogens is 2. The average molecular weight is 317 g/mol. The second kappa shape index (κ2) is 9.46. The van der Waals surface area contributed by atoms with Gasteiger partial charge in [-0.25, -0.2) is 12.8 Å². The molecular formula is C10H11ClFN2NaO3S. The predicted octanol–water partition coefficient (Wildman–Crippen LogP) is -0.830. The molecule has 2 N–H and O–H groups in total. The first-order valence-corrected chi connectivity index (χ1v) is 6.27. The number of rotatable bonds is 3. The van der Waals surface area contributed by atoms with E-state index in [0.717, 1.165) is 5.56 Å². The molecule has 0 fully saturated rings. The molecule has 0 heterocycles. The van der Waals surface area contributed by atoms with Gasteiger partial charge in [-0.15, -0.1) is 0 Å². The molecule has 0 bridgehead atoms. The van der Waals surface area contributed by atoms with Crippen LogP contribution in [-0.4, -0.2) is 14.3 Å². The van der Waals surface area contributed by atoms with Crippen molar-refractivity contribution in [3.63, 3.8) is 0 Å². The number of carbonyl (C=O) groups excluding carboxylic acids is 1. The summed E-state index contributed by atoms with van der Waals surface area (Å²) in [4.78, 5) is 9.56. The fourth-order valence-electron chi connectivity index (χ4n) is 0.750. The molecule has 1 aromatic rings. The third kappa shape index (κ3) is 8.35. The molecule has 1 rings (SSSR count). The zero-order valence-corrected chi connectivity index (χ0v) is 14.0. The van der Waals surface area contributed by atoms with Crippen molar-refractivity contribution in [3.8, 4) is 0 Å². The second-order valence-electron chi connectivity index (χ2n) is 3.13. The van der Waals surface area contributed by atoms with E-state index in [2.05, 4.69) is 16.6 Å². The molecule has 1 aromatic carbocycles. The van der Waals surface area contributed by atoms with Crippen molar-refractivity contribution in [2.24, 2.45) is 5.73 Å². The number of amides is 1. The fourth-order valence-corrected chi connectivity index (χ4v) is 1.55. The minimum Gasteiger partial charge on any atom is -0.458 e. The van der Waals surface area contributed by atoms with Crippen LogP contribution in [0.15, 0.2) is 41.6 Å². The summed E-state index contributed by atoms with van der Waals surface area (Å²) in [5.74, 6) is -2.20. The summed E-state index contributed by atoms with van der Waals surface area (Å²) >= 11 is 4.90. The molecule has 0 aliphatic carbocycles. The van der Waals surface area contributed by atoms with E-state index < -0.39 is 21.8 Å². The number of benzene rings is 1. The van der Waals surface area contributed by atoms with Crippen molar-refractivity contribution >= 4 is 27.7 Å². The SMILES string of the molecule is C=C(F)C(N)=O.Cc1ccc(S(=O)(=O)[N-]Cl)cc1.[Na+]. The normalized spacial score (nSPS) is 9.63. The maximum absolute atomic E-state index is 11.2. The minimum absolute atomic E-state index is 0. The Morgan fingerprint density at radius 3 is 2.00 bits per heavy atom. The van der Waals surface area contributed by atoms with E-state index in [1.165, 1.54) is 12.1 Å². The zero-order chi connectivity index (χ0) is 14.3. The van der Waals surface area contributed by atoms with Crippen molar-refractivity contribution in [2.75, 3.05) is 0 Å². The molecule has 1 amide bonds. The molecule has 0 aliphatic heterocycles. The van der Waals surface area contributed by atoms with Gasteiger partial charge in [0.2, 0.25) is 0 Å². The summed E-state index contributed by atoms with van der Waals surface area (Å²) in [6, 6.07) is 6.32.